The smallest absolute Gasteiger partial charge is 0.387 e. The van der Waals surface area contributed by atoms with Crippen molar-refractivity contribution < 1.29 is 46.3 Å². The molecule has 1 amide bonds. The van der Waals surface area contributed by atoms with Crippen LogP contribution in [-0.2, 0) is 32.5 Å². The molecule has 33 heavy (non-hydrogen) atoms. The van der Waals surface area contributed by atoms with Gasteiger partial charge in [-0.1, -0.05) is 17.7 Å². The molecule has 0 aromatic heterocycles. The van der Waals surface area contributed by atoms with Crippen LogP contribution < -0.4 is 0 Å². The molecule has 3 heterocycles. The number of ether oxygens (including phenoxy) is 1. The van der Waals surface area contributed by atoms with E-state index in [4.69, 9.17) is 29.9 Å². The van der Waals surface area contributed by atoms with E-state index in [1.807, 2.05) is 0 Å². The molecule has 3 aliphatic rings. The second kappa shape index (κ2) is 9.14. The first-order valence-electron chi connectivity index (χ1n) is 10.1. The normalized spacial score (nSPS) is 37.1. The summed E-state index contributed by atoms with van der Waals surface area (Å²) in [6, 6.07) is 3.92. The van der Waals surface area contributed by atoms with Crippen molar-refractivity contribution in [1.82, 2.24) is 4.90 Å². The maximum atomic E-state index is 15.3. The van der Waals surface area contributed by atoms with E-state index >= 15 is 4.39 Å². The molecule has 1 N–H and O–H groups in total. The fourth-order valence-electron chi connectivity index (χ4n) is 3.79. The third-order valence-electron chi connectivity index (χ3n) is 5.60. The summed E-state index contributed by atoms with van der Waals surface area (Å²) < 4.78 is 63.0. The predicted octanol–water partition coefficient (Wildman–Crippen LogP) is 3.21. The summed E-state index contributed by atoms with van der Waals surface area (Å²) in [4.78, 5) is 24.4. The molecule has 13 heteroatoms. The van der Waals surface area contributed by atoms with E-state index in [-0.39, 0.29) is 11.6 Å². The SMILES string of the molecule is C[C@@]1(F)[C@H](O)[C@@H](COP2(=O)OCC[C@H](c3ccc(F)c(Cl)c3)O2)O[C@H]1N1C=CC(=O)CC1=O. The van der Waals surface area contributed by atoms with Crippen LogP contribution >= 0.6 is 19.4 Å². The molecular weight excluding hydrogens is 487 g/mol. The van der Waals surface area contributed by atoms with Gasteiger partial charge in [0.1, 0.15) is 18.0 Å². The number of hydrogen-bond donors (Lipinski definition) is 1. The molecule has 6 atom stereocenters. The molecule has 180 valence electrons. The number of alkyl halides is 1. The first-order valence-corrected chi connectivity index (χ1v) is 11.9. The third kappa shape index (κ3) is 4.90. The van der Waals surface area contributed by atoms with Gasteiger partial charge in [0.25, 0.3) is 0 Å². The van der Waals surface area contributed by atoms with Crippen LogP contribution in [-0.4, -0.2) is 59.0 Å². The monoisotopic (exact) mass is 507 g/mol. The summed E-state index contributed by atoms with van der Waals surface area (Å²) in [6.45, 7) is 0.468. The van der Waals surface area contributed by atoms with Crippen molar-refractivity contribution in [3.8, 4) is 0 Å². The molecule has 9 nitrogen and oxygen atoms in total. The number of phosphoric ester groups is 1. The standard InChI is InChI=1S/C20H21ClF2NO8P/c1-20(23)18(27)16(31-19(20)24-6-4-12(25)9-17(24)26)10-30-33(28)29-7-5-15(32-33)11-2-3-14(22)13(21)8-11/h2-4,6,8,15-16,18-19,27H,5,7,9-10H2,1H3/t15-,16-,18-,19-,20-,33?/m1/s1. The van der Waals surface area contributed by atoms with Crippen molar-refractivity contribution in [3.63, 3.8) is 0 Å². The number of rotatable bonds is 5. The number of phosphoric acid groups is 1. The number of benzene rings is 1. The minimum atomic E-state index is -4.14. The zero-order valence-corrected chi connectivity index (χ0v) is 19.0. The van der Waals surface area contributed by atoms with Crippen molar-refractivity contribution in [2.45, 2.75) is 50.0 Å². The van der Waals surface area contributed by atoms with Gasteiger partial charge in [-0.15, -0.1) is 0 Å². The Hall–Kier alpha value is -1.72. The van der Waals surface area contributed by atoms with Crippen LogP contribution in [0.3, 0.4) is 0 Å². The second-order valence-electron chi connectivity index (χ2n) is 8.02. The van der Waals surface area contributed by atoms with Crippen molar-refractivity contribution in [2.75, 3.05) is 13.2 Å². The van der Waals surface area contributed by atoms with Crippen molar-refractivity contribution >= 4 is 31.1 Å². The van der Waals surface area contributed by atoms with Crippen LogP contribution in [0, 0.1) is 5.82 Å². The molecule has 0 radical (unpaired) electrons. The van der Waals surface area contributed by atoms with Gasteiger partial charge in [0.2, 0.25) is 5.91 Å². The quantitative estimate of drug-likeness (QED) is 0.478. The Morgan fingerprint density at radius 3 is 2.85 bits per heavy atom. The fraction of sp³-hybridized carbons (Fsp3) is 0.500. The lowest BCUT2D eigenvalue weighted by Gasteiger charge is -2.32. The van der Waals surface area contributed by atoms with E-state index in [0.717, 1.165) is 30.2 Å². The number of carbonyl (C=O) groups excluding carboxylic acids is 2. The van der Waals surface area contributed by atoms with Crippen molar-refractivity contribution in [1.29, 1.82) is 0 Å². The maximum absolute atomic E-state index is 15.3. The summed E-state index contributed by atoms with van der Waals surface area (Å²) in [7, 11) is -4.14. The molecule has 4 rings (SSSR count). The molecular formula is C20H21ClF2NO8P. The number of carbonyl (C=O) groups is 2. The Bertz CT molecular complexity index is 1040. The Morgan fingerprint density at radius 2 is 2.15 bits per heavy atom. The first-order chi connectivity index (χ1) is 15.5. The molecule has 0 saturated carbocycles. The zero-order chi connectivity index (χ0) is 24.0. The highest BCUT2D eigenvalue weighted by Crippen LogP contribution is 2.57. The van der Waals surface area contributed by atoms with Gasteiger partial charge >= 0.3 is 7.82 Å². The minimum Gasteiger partial charge on any atom is -0.387 e. The Morgan fingerprint density at radius 1 is 1.39 bits per heavy atom. The van der Waals surface area contributed by atoms with Gasteiger partial charge in [0.15, 0.2) is 17.7 Å². The van der Waals surface area contributed by atoms with Crippen LogP contribution in [0.2, 0.25) is 5.02 Å². The van der Waals surface area contributed by atoms with Gasteiger partial charge in [-0.2, -0.15) is 0 Å². The summed E-state index contributed by atoms with van der Waals surface area (Å²) in [5.41, 5.74) is -1.95. The minimum absolute atomic E-state index is 0.00439. The molecule has 0 bridgehead atoms. The number of aliphatic hydroxyl groups is 1. The maximum Gasteiger partial charge on any atom is 0.475 e. The lowest BCUT2D eigenvalue weighted by molar-refractivity contribution is -0.151. The van der Waals surface area contributed by atoms with Crippen LogP contribution in [0.15, 0.2) is 30.5 Å². The number of allylic oxidation sites excluding steroid dienone is 1. The Balaban J connectivity index is 1.43. The summed E-state index contributed by atoms with van der Waals surface area (Å²) in [5, 5.41) is 10.3. The zero-order valence-electron chi connectivity index (χ0n) is 17.4. The molecule has 0 aliphatic carbocycles. The van der Waals surface area contributed by atoms with E-state index < -0.39 is 68.6 Å². The van der Waals surface area contributed by atoms with Crippen molar-refractivity contribution in [2.24, 2.45) is 0 Å². The Kier molecular flexibility index (Phi) is 6.76. The molecule has 2 fully saturated rings. The summed E-state index contributed by atoms with van der Waals surface area (Å²) in [6.07, 6.45) is -3.29. The fourth-order valence-corrected chi connectivity index (χ4v) is 5.37. The average molecular weight is 508 g/mol. The predicted molar refractivity (Wildman–Crippen MR) is 109 cm³/mol. The van der Waals surface area contributed by atoms with Crippen LogP contribution in [0.1, 0.15) is 31.4 Å². The lowest BCUT2D eigenvalue weighted by atomic mass is 9.97. The van der Waals surface area contributed by atoms with E-state index in [1.165, 1.54) is 12.1 Å². The Labute approximate surface area is 192 Å². The first kappa shape index (κ1) is 24.4. The van der Waals surface area contributed by atoms with Crippen molar-refractivity contribution in [3.05, 3.63) is 46.9 Å². The van der Waals surface area contributed by atoms with E-state index in [0.29, 0.717) is 12.0 Å². The third-order valence-corrected chi connectivity index (χ3v) is 7.37. The number of ketones is 1. The highest BCUT2D eigenvalue weighted by molar-refractivity contribution is 7.48. The lowest BCUT2D eigenvalue weighted by Crippen LogP contribution is -2.51. The molecule has 1 aromatic carbocycles. The van der Waals surface area contributed by atoms with Gasteiger partial charge in [-0.3, -0.25) is 28.1 Å². The van der Waals surface area contributed by atoms with Crippen LogP contribution in [0.25, 0.3) is 0 Å². The highest BCUT2D eigenvalue weighted by Gasteiger charge is 2.57. The van der Waals surface area contributed by atoms with Gasteiger partial charge in [0, 0.05) is 12.6 Å². The van der Waals surface area contributed by atoms with Crippen LogP contribution in [0.4, 0.5) is 8.78 Å². The van der Waals surface area contributed by atoms with Crippen LogP contribution in [0.5, 0.6) is 0 Å². The molecule has 1 aromatic rings. The topological polar surface area (TPSA) is 112 Å². The largest absolute Gasteiger partial charge is 0.475 e. The second-order valence-corrected chi connectivity index (χ2v) is 10.0. The molecule has 1 unspecified atom stereocenters. The van der Waals surface area contributed by atoms with E-state index in [9.17, 15) is 23.7 Å². The number of nitrogens with zero attached hydrogens (tertiary/aromatic N) is 1. The van der Waals surface area contributed by atoms with Gasteiger partial charge in [-0.05, 0) is 30.7 Å². The molecule has 0 spiro atoms. The van der Waals surface area contributed by atoms with E-state index in [1.54, 1.807) is 0 Å². The highest BCUT2D eigenvalue weighted by atomic mass is 35.5. The number of aliphatic hydroxyl groups excluding tert-OH is 1. The molecule has 2 saturated heterocycles. The summed E-state index contributed by atoms with van der Waals surface area (Å²) >= 11 is 5.80. The average Bonchev–Trinajstić information content (AvgIpc) is 2.98. The summed E-state index contributed by atoms with van der Waals surface area (Å²) in [5.74, 6) is -1.73. The van der Waals surface area contributed by atoms with Gasteiger partial charge < -0.3 is 9.84 Å². The number of hydrogen-bond acceptors (Lipinski definition) is 8. The molecule has 3 aliphatic heterocycles. The van der Waals surface area contributed by atoms with E-state index in [2.05, 4.69) is 0 Å². The number of amides is 1. The van der Waals surface area contributed by atoms with Gasteiger partial charge in [-0.25, -0.2) is 13.3 Å². The number of halogens is 3. The van der Waals surface area contributed by atoms with Gasteiger partial charge in [0.05, 0.1) is 30.8 Å².